The van der Waals surface area contributed by atoms with Gasteiger partial charge in [0.15, 0.2) is 17.3 Å². The van der Waals surface area contributed by atoms with Gasteiger partial charge < -0.3 is 8.98 Å². The molecule has 0 bridgehead atoms. The molecular weight excluding hydrogens is 424 g/mol. The Balaban J connectivity index is 1.26. The number of hydrogen-bond donors (Lipinski definition) is 0. The number of halogens is 1. The second-order valence-corrected chi connectivity index (χ2v) is 8.74. The molecule has 6 nitrogen and oxygen atoms in total. The van der Waals surface area contributed by atoms with Crippen molar-refractivity contribution in [2.24, 2.45) is 0 Å². The van der Waals surface area contributed by atoms with Crippen LogP contribution in [0.2, 0.25) is 5.02 Å². The Kier molecular flexibility index (Phi) is 5.69. The van der Waals surface area contributed by atoms with Crippen LogP contribution in [0, 0.1) is 11.3 Å². The highest BCUT2D eigenvalue weighted by molar-refractivity contribution is 6.31. The molecule has 0 radical (unpaired) electrons. The highest BCUT2D eigenvalue weighted by Crippen LogP contribution is 2.31. The fourth-order valence-electron chi connectivity index (χ4n) is 4.54. The third kappa shape index (κ3) is 4.02. The number of benzene rings is 2. The van der Waals surface area contributed by atoms with Crippen LogP contribution in [0.3, 0.4) is 0 Å². The molecule has 0 aliphatic carbocycles. The number of carbonyl (C=O) groups excluding carboxylic acids is 1. The average Bonchev–Trinajstić information content (AvgIpc) is 3.39. The Morgan fingerprint density at radius 1 is 1.22 bits per heavy atom. The van der Waals surface area contributed by atoms with Gasteiger partial charge in [-0.1, -0.05) is 29.8 Å². The van der Waals surface area contributed by atoms with Crippen molar-refractivity contribution in [3.8, 4) is 6.07 Å². The Hall–Kier alpha value is -3.14. The minimum atomic E-state index is 0.117. The summed E-state index contributed by atoms with van der Waals surface area (Å²) in [5.74, 6) is 1.13. The summed E-state index contributed by atoms with van der Waals surface area (Å²) in [5.41, 5.74) is 3.28. The van der Waals surface area contributed by atoms with Crippen LogP contribution in [0.4, 0.5) is 0 Å². The standard InChI is InChI=1S/C25H23ClN4O2/c26-18-6-7-24-21(14-18)28-25(32-24)17-8-12-29(13-9-17)16-23(31)20-15-30(11-3-10-27)22-5-2-1-4-19(20)22/h1-2,4-7,14-15,17H,3,8-9,11-13,16H2. The fourth-order valence-corrected chi connectivity index (χ4v) is 4.71. The largest absolute Gasteiger partial charge is 0.440 e. The van der Waals surface area contributed by atoms with Crippen LogP contribution in [0.1, 0.15) is 41.4 Å². The fraction of sp³-hybridized carbons (Fsp3) is 0.320. The van der Waals surface area contributed by atoms with E-state index in [4.69, 9.17) is 21.3 Å². The summed E-state index contributed by atoms with van der Waals surface area (Å²) >= 11 is 6.06. The lowest BCUT2D eigenvalue weighted by Crippen LogP contribution is -2.36. The zero-order valence-corrected chi connectivity index (χ0v) is 18.4. The van der Waals surface area contributed by atoms with Crippen molar-refractivity contribution in [2.75, 3.05) is 19.6 Å². The van der Waals surface area contributed by atoms with Gasteiger partial charge in [0.1, 0.15) is 5.52 Å². The number of nitrogens with zero attached hydrogens (tertiary/aromatic N) is 4. The third-order valence-electron chi connectivity index (χ3n) is 6.22. The summed E-state index contributed by atoms with van der Waals surface area (Å²) in [4.78, 5) is 20.0. The number of rotatable bonds is 6. The quantitative estimate of drug-likeness (QED) is 0.370. The minimum absolute atomic E-state index is 0.117. The van der Waals surface area contributed by atoms with Crippen molar-refractivity contribution in [3.63, 3.8) is 0 Å². The van der Waals surface area contributed by atoms with E-state index in [-0.39, 0.29) is 11.7 Å². The average molecular weight is 447 g/mol. The van der Waals surface area contributed by atoms with Crippen molar-refractivity contribution in [2.45, 2.75) is 31.7 Å². The number of piperidine rings is 1. The van der Waals surface area contributed by atoms with Crippen molar-refractivity contribution >= 4 is 39.4 Å². The van der Waals surface area contributed by atoms with E-state index in [0.717, 1.165) is 59.4 Å². The molecule has 1 saturated heterocycles. The summed E-state index contributed by atoms with van der Waals surface area (Å²) < 4.78 is 7.96. The lowest BCUT2D eigenvalue weighted by Gasteiger charge is -2.29. The van der Waals surface area contributed by atoms with Crippen molar-refractivity contribution in [1.82, 2.24) is 14.5 Å². The van der Waals surface area contributed by atoms with E-state index in [2.05, 4.69) is 16.0 Å². The van der Waals surface area contributed by atoms with Crippen LogP contribution in [0.25, 0.3) is 22.0 Å². The van der Waals surface area contributed by atoms with Crippen molar-refractivity contribution in [1.29, 1.82) is 5.26 Å². The van der Waals surface area contributed by atoms with Gasteiger partial charge in [0.2, 0.25) is 0 Å². The van der Waals surface area contributed by atoms with Gasteiger partial charge in [-0.15, -0.1) is 0 Å². The number of para-hydroxylation sites is 1. The monoisotopic (exact) mass is 446 g/mol. The first-order valence-corrected chi connectivity index (χ1v) is 11.3. The lowest BCUT2D eigenvalue weighted by atomic mass is 9.96. The van der Waals surface area contributed by atoms with Gasteiger partial charge in [-0.2, -0.15) is 5.26 Å². The summed E-state index contributed by atoms with van der Waals surface area (Å²) in [6, 6.07) is 15.6. The van der Waals surface area contributed by atoms with Gasteiger partial charge in [-0.3, -0.25) is 9.69 Å². The predicted octanol–water partition coefficient (Wildman–Crippen LogP) is 5.41. The van der Waals surface area contributed by atoms with Crippen LogP contribution in [0.5, 0.6) is 0 Å². The summed E-state index contributed by atoms with van der Waals surface area (Å²) in [7, 11) is 0. The van der Waals surface area contributed by atoms with Crippen molar-refractivity contribution in [3.05, 3.63) is 65.1 Å². The number of fused-ring (bicyclic) bond motifs is 2. The van der Waals surface area contributed by atoms with Crippen LogP contribution >= 0.6 is 11.6 Å². The highest BCUT2D eigenvalue weighted by atomic mass is 35.5. The topological polar surface area (TPSA) is 75.1 Å². The third-order valence-corrected chi connectivity index (χ3v) is 6.46. The molecule has 0 atom stereocenters. The number of aromatic nitrogens is 2. The molecule has 1 fully saturated rings. The van der Waals surface area contributed by atoms with E-state index < -0.39 is 0 Å². The van der Waals surface area contributed by atoms with E-state index in [9.17, 15) is 4.79 Å². The van der Waals surface area contributed by atoms with Crippen LogP contribution < -0.4 is 0 Å². The van der Waals surface area contributed by atoms with E-state index in [1.165, 1.54) is 0 Å². The highest BCUT2D eigenvalue weighted by Gasteiger charge is 2.26. The number of carbonyl (C=O) groups is 1. The molecule has 7 heteroatoms. The normalized spacial score (nSPS) is 15.4. The first-order chi connectivity index (χ1) is 15.6. The van der Waals surface area contributed by atoms with Gasteiger partial charge in [-0.05, 0) is 50.2 Å². The number of ketones is 1. The van der Waals surface area contributed by atoms with Gasteiger partial charge in [0, 0.05) is 40.1 Å². The first-order valence-electron chi connectivity index (χ1n) is 10.9. The number of nitriles is 1. The molecule has 0 saturated carbocycles. The number of hydrogen-bond acceptors (Lipinski definition) is 5. The molecule has 162 valence electrons. The molecule has 0 amide bonds. The molecule has 0 unspecified atom stereocenters. The minimum Gasteiger partial charge on any atom is -0.440 e. The lowest BCUT2D eigenvalue weighted by molar-refractivity contribution is 0.0907. The summed E-state index contributed by atoms with van der Waals surface area (Å²) in [6.45, 7) is 2.62. The zero-order valence-electron chi connectivity index (χ0n) is 17.6. The van der Waals surface area contributed by atoms with Crippen molar-refractivity contribution < 1.29 is 9.21 Å². The SMILES string of the molecule is N#CCCn1cc(C(=O)CN2CCC(c3nc4cc(Cl)ccc4o3)CC2)c2ccccc21. The molecule has 2 aromatic heterocycles. The maximum Gasteiger partial charge on any atom is 0.198 e. The Morgan fingerprint density at radius 2 is 2.03 bits per heavy atom. The van der Waals surface area contributed by atoms with E-state index >= 15 is 0 Å². The van der Waals surface area contributed by atoms with Gasteiger partial charge in [0.25, 0.3) is 0 Å². The Morgan fingerprint density at radius 3 is 2.84 bits per heavy atom. The molecule has 1 aliphatic heterocycles. The van der Waals surface area contributed by atoms with Crippen LogP contribution in [-0.4, -0.2) is 39.9 Å². The van der Waals surface area contributed by atoms with E-state index in [1.54, 1.807) is 0 Å². The molecule has 0 N–H and O–H groups in total. The molecule has 2 aromatic carbocycles. The zero-order chi connectivity index (χ0) is 22.1. The first kappa shape index (κ1) is 20.7. The van der Waals surface area contributed by atoms with Crippen LogP contribution in [0.15, 0.2) is 53.1 Å². The molecule has 5 rings (SSSR count). The summed E-state index contributed by atoms with van der Waals surface area (Å²) in [6.07, 6.45) is 4.12. The molecule has 0 spiro atoms. The van der Waals surface area contributed by atoms with Gasteiger partial charge >= 0.3 is 0 Å². The number of oxazole rings is 1. The maximum absolute atomic E-state index is 13.2. The second kappa shape index (κ2) is 8.78. The number of likely N-dealkylation sites (tertiary alicyclic amines) is 1. The smallest absolute Gasteiger partial charge is 0.198 e. The second-order valence-electron chi connectivity index (χ2n) is 8.30. The van der Waals surface area contributed by atoms with Crippen LogP contribution in [-0.2, 0) is 6.54 Å². The number of aryl methyl sites for hydroxylation is 1. The van der Waals surface area contributed by atoms with E-state index in [1.807, 2.05) is 53.2 Å². The molecule has 4 aromatic rings. The molecule has 32 heavy (non-hydrogen) atoms. The summed E-state index contributed by atoms with van der Waals surface area (Å²) in [5, 5.41) is 10.5. The maximum atomic E-state index is 13.2. The van der Waals surface area contributed by atoms with Gasteiger partial charge in [-0.25, -0.2) is 4.98 Å². The van der Waals surface area contributed by atoms with E-state index in [0.29, 0.717) is 24.5 Å². The molecular formula is C25H23ClN4O2. The Bertz CT molecular complexity index is 1320. The predicted molar refractivity (Wildman–Crippen MR) is 124 cm³/mol. The molecule has 1 aliphatic rings. The number of Topliss-reactive ketones (excluding diaryl/α,β-unsaturated/α-hetero) is 1. The Labute approximate surface area is 191 Å². The molecule has 3 heterocycles. The van der Waals surface area contributed by atoms with Gasteiger partial charge in [0.05, 0.1) is 19.0 Å².